The van der Waals surface area contributed by atoms with Crippen LogP contribution in [-0.4, -0.2) is 18.0 Å². The zero-order valence-electron chi connectivity index (χ0n) is 14.1. The predicted octanol–water partition coefficient (Wildman–Crippen LogP) is 4.45. The second-order valence-corrected chi connectivity index (χ2v) is 7.16. The number of hydrogen-bond acceptors (Lipinski definition) is 3. The van der Waals surface area contributed by atoms with E-state index in [2.05, 4.69) is 4.90 Å². The normalized spacial score (nSPS) is 24.5. The molecule has 0 aromatic heterocycles. The lowest BCUT2D eigenvalue weighted by Crippen LogP contribution is -2.23. The van der Waals surface area contributed by atoms with Gasteiger partial charge in [-0.25, -0.2) is 0 Å². The van der Waals surface area contributed by atoms with Crippen molar-refractivity contribution >= 4 is 11.4 Å². The molecule has 4 nitrogen and oxygen atoms in total. The number of fused-ring (bicyclic) bond motifs is 1. The Morgan fingerprint density at radius 2 is 1.36 bits per heavy atom. The van der Waals surface area contributed by atoms with Crippen LogP contribution in [-0.2, 0) is 0 Å². The first-order valence-electron chi connectivity index (χ1n) is 8.41. The van der Waals surface area contributed by atoms with Crippen LogP contribution in [0, 0.1) is 49.6 Å². The number of nitro benzene ring substituents is 1. The number of rotatable bonds is 2. The van der Waals surface area contributed by atoms with Gasteiger partial charge >= 0.3 is 0 Å². The monoisotopic (exact) mass is 302 g/mol. The molecule has 2 aliphatic rings. The van der Waals surface area contributed by atoms with Crippen LogP contribution in [0.15, 0.2) is 0 Å². The third-order valence-corrected chi connectivity index (χ3v) is 6.02. The summed E-state index contributed by atoms with van der Waals surface area (Å²) in [6.07, 6.45) is 5.44. The minimum Gasteiger partial charge on any atom is -0.371 e. The summed E-state index contributed by atoms with van der Waals surface area (Å²) < 4.78 is 0. The van der Waals surface area contributed by atoms with Gasteiger partial charge in [-0.2, -0.15) is 0 Å². The lowest BCUT2D eigenvalue weighted by atomic mass is 9.82. The van der Waals surface area contributed by atoms with Gasteiger partial charge in [-0.1, -0.05) is 12.8 Å². The molecule has 22 heavy (non-hydrogen) atoms. The van der Waals surface area contributed by atoms with Gasteiger partial charge in [-0.15, -0.1) is 0 Å². The molecule has 4 heteroatoms. The Morgan fingerprint density at radius 1 is 0.909 bits per heavy atom. The van der Waals surface area contributed by atoms with Gasteiger partial charge < -0.3 is 4.90 Å². The van der Waals surface area contributed by atoms with Crippen molar-refractivity contribution in [2.75, 3.05) is 18.0 Å². The van der Waals surface area contributed by atoms with E-state index in [-0.39, 0.29) is 4.92 Å². The number of benzene rings is 1. The minimum absolute atomic E-state index is 0.224. The topological polar surface area (TPSA) is 46.4 Å². The average Bonchev–Trinajstić information content (AvgIpc) is 2.88. The molecular formula is C18H26N2O2. The van der Waals surface area contributed by atoms with Gasteiger partial charge in [-0.3, -0.25) is 10.1 Å². The van der Waals surface area contributed by atoms with Gasteiger partial charge in [0.15, 0.2) is 0 Å². The van der Waals surface area contributed by atoms with Crippen molar-refractivity contribution in [3.63, 3.8) is 0 Å². The van der Waals surface area contributed by atoms with Crippen molar-refractivity contribution in [3.8, 4) is 0 Å². The molecule has 2 fully saturated rings. The molecule has 1 aliphatic heterocycles. The molecule has 120 valence electrons. The van der Waals surface area contributed by atoms with Gasteiger partial charge in [-0.05, 0) is 63.5 Å². The summed E-state index contributed by atoms with van der Waals surface area (Å²) in [5.41, 5.74) is 5.41. The predicted molar refractivity (Wildman–Crippen MR) is 89.7 cm³/mol. The third kappa shape index (κ3) is 2.29. The second-order valence-electron chi connectivity index (χ2n) is 7.16. The molecule has 1 aliphatic carbocycles. The summed E-state index contributed by atoms with van der Waals surface area (Å²) in [5, 5.41) is 11.4. The summed E-state index contributed by atoms with van der Waals surface area (Å²) >= 11 is 0. The molecule has 1 saturated heterocycles. The van der Waals surface area contributed by atoms with Crippen molar-refractivity contribution in [2.24, 2.45) is 11.8 Å². The lowest BCUT2D eigenvalue weighted by molar-refractivity contribution is -0.386. The maximum Gasteiger partial charge on any atom is 0.275 e. The van der Waals surface area contributed by atoms with Crippen LogP contribution >= 0.6 is 0 Å². The Kier molecular flexibility index (Phi) is 3.87. The average molecular weight is 302 g/mol. The second kappa shape index (κ2) is 5.56. The summed E-state index contributed by atoms with van der Waals surface area (Å²) in [6, 6.07) is 0. The fourth-order valence-electron chi connectivity index (χ4n) is 4.61. The lowest BCUT2D eigenvalue weighted by Gasteiger charge is -2.26. The molecular weight excluding hydrogens is 276 g/mol. The standard InChI is InChI=1S/C18H26N2O2/c1-11-13(3)18(20(21)22)14(4)12(2)17(11)19-9-15-7-5-6-8-16(15)10-19/h15-16H,5-10H2,1-4H3. The van der Waals surface area contributed by atoms with Crippen LogP contribution in [0.3, 0.4) is 0 Å². The number of nitrogens with zero attached hydrogens (tertiary/aromatic N) is 2. The Labute approximate surface area is 132 Å². The van der Waals surface area contributed by atoms with E-state index >= 15 is 0 Å². The smallest absolute Gasteiger partial charge is 0.275 e. The van der Waals surface area contributed by atoms with E-state index in [1.807, 2.05) is 27.7 Å². The van der Waals surface area contributed by atoms with Crippen LogP contribution in [0.25, 0.3) is 0 Å². The SMILES string of the molecule is Cc1c(C)c([N+](=O)[O-])c(C)c(C)c1N1CC2CCCCC2C1. The van der Waals surface area contributed by atoms with Crippen molar-refractivity contribution < 1.29 is 4.92 Å². The zero-order chi connectivity index (χ0) is 16.0. The van der Waals surface area contributed by atoms with Crippen LogP contribution < -0.4 is 4.90 Å². The van der Waals surface area contributed by atoms with E-state index in [4.69, 9.17) is 0 Å². The highest BCUT2D eigenvalue weighted by atomic mass is 16.6. The molecule has 1 aromatic rings. The quantitative estimate of drug-likeness (QED) is 0.598. The highest BCUT2D eigenvalue weighted by Gasteiger charge is 2.36. The first-order valence-corrected chi connectivity index (χ1v) is 8.41. The van der Waals surface area contributed by atoms with Crippen molar-refractivity contribution in [1.29, 1.82) is 0 Å². The fraction of sp³-hybridized carbons (Fsp3) is 0.667. The summed E-state index contributed by atoms with van der Waals surface area (Å²) in [5.74, 6) is 1.65. The minimum atomic E-state index is -0.224. The van der Waals surface area contributed by atoms with E-state index < -0.39 is 0 Å². The largest absolute Gasteiger partial charge is 0.371 e. The summed E-state index contributed by atoms with van der Waals surface area (Å²) in [4.78, 5) is 13.7. The van der Waals surface area contributed by atoms with Gasteiger partial charge in [0, 0.05) is 29.9 Å². The molecule has 0 radical (unpaired) electrons. The third-order valence-electron chi connectivity index (χ3n) is 6.02. The van der Waals surface area contributed by atoms with Crippen molar-refractivity contribution in [2.45, 2.75) is 53.4 Å². The van der Waals surface area contributed by atoms with Crippen LogP contribution in [0.4, 0.5) is 11.4 Å². The highest BCUT2D eigenvalue weighted by molar-refractivity contribution is 5.70. The molecule has 2 unspecified atom stereocenters. The summed E-state index contributed by atoms with van der Waals surface area (Å²) in [7, 11) is 0. The molecule has 0 amide bonds. The van der Waals surface area contributed by atoms with Gasteiger partial charge in [0.25, 0.3) is 5.69 Å². The van der Waals surface area contributed by atoms with Crippen LogP contribution in [0.2, 0.25) is 0 Å². The Balaban J connectivity index is 2.03. The van der Waals surface area contributed by atoms with E-state index in [0.717, 1.165) is 47.2 Å². The molecule has 0 bridgehead atoms. The van der Waals surface area contributed by atoms with Crippen LogP contribution in [0.5, 0.6) is 0 Å². The maximum atomic E-state index is 11.4. The first-order chi connectivity index (χ1) is 10.4. The Morgan fingerprint density at radius 3 is 1.77 bits per heavy atom. The fourth-order valence-corrected chi connectivity index (χ4v) is 4.61. The Bertz CT molecular complexity index is 581. The number of nitro groups is 1. The molecule has 1 aromatic carbocycles. The van der Waals surface area contributed by atoms with E-state index in [1.165, 1.54) is 31.4 Å². The highest BCUT2D eigenvalue weighted by Crippen LogP contribution is 2.43. The molecule has 1 saturated carbocycles. The van der Waals surface area contributed by atoms with Crippen LogP contribution in [0.1, 0.15) is 47.9 Å². The van der Waals surface area contributed by atoms with Gasteiger partial charge in [0.2, 0.25) is 0 Å². The Hall–Kier alpha value is -1.58. The molecule has 0 N–H and O–H groups in total. The van der Waals surface area contributed by atoms with Gasteiger partial charge in [0.05, 0.1) is 4.92 Å². The number of hydrogen-bond donors (Lipinski definition) is 0. The number of anilines is 1. The first kappa shape index (κ1) is 15.3. The molecule has 3 rings (SSSR count). The maximum absolute atomic E-state index is 11.4. The van der Waals surface area contributed by atoms with Crippen molar-refractivity contribution in [1.82, 2.24) is 0 Å². The summed E-state index contributed by atoms with van der Waals surface area (Å²) in [6.45, 7) is 10.1. The van der Waals surface area contributed by atoms with Crippen molar-refractivity contribution in [3.05, 3.63) is 32.4 Å². The zero-order valence-corrected chi connectivity index (χ0v) is 14.1. The molecule has 2 atom stereocenters. The van der Waals surface area contributed by atoms with Gasteiger partial charge in [0.1, 0.15) is 0 Å². The molecule has 0 spiro atoms. The van der Waals surface area contributed by atoms with E-state index in [0.29, 0.717) is 5.69 Å². The van der Waals surface area contributed by atoms with E-state index in [1.54, 1.807) is 0 Å². The molecule has 1 heterocycles. The van der Waals surface area contributed by atoms with E-state index in [9.17, 15) is 10.1 Å².